The molecule has 0 aliphatic carbocycles. The third-order valence-electron chi connectivity index (χ3n) is 5.72. The number of nitrogens with two attached hydrogens (primary N) is 1. The smallest absolute Gasteiger partial charge is 0.317 e. The highest BCUT2D eigenvalue weighted by molar-refractivity contribution is 5.78. The molecule has 0 aromatic heterocycles. The lowest BCUT2D eigenvalue weighted by Crippen LogP contribution is -2.49. The van der Waals surface area contributed by atoms with E-state index >= 15 is 0 Å². The lowest BCUT2D eigenvalue weighted by molar-refractivity contribution is -0.143. The number of rotatable bonds is 18. The second-order valence-electron chi connectivity index (χ2n) is 8.77. The number of likely N-dealkylation sites (tertiary alicyclic amines) is 1. The van der Waals surface area contributed by atoms with Gasteiger partial charge in [0.2, 0.25) is 11.8 Å². The molecular weight excluding hydrogens is 482 g/mol. The van der Waals surface area contributed by atoms with Crippen molar-refractivity contribution in [3.05, 3.63) is 0 Å². The van der Waals surface area contributed by atoms with Crippen LogP contribution in [0.15, 0.2) is 0 Å². The van der Waals surface area contributed by atoms with Crippen LogP contribution in [0.25, 0.3) is 0 Å². The largest absolute Gasteiger partial charge is 0.480 e. The zero-order valence-corrected chi connectivity index (χ0v) is 20.1. The lowest BCUT2D eigenvalue weighted by atomic mass is 9.93. The van der Waals surface area contributed by atoms with E-state index in [1.54, 1.807) is 9.80 Å². The van der Waals surface area contributed by atoms with Crippen molar-refractivity contribution in [1.29, 1.82) is 0 Å². The first-order chi connectivity index (χ1) is 16.8. The van der Waals surface area contributed by atoms with Crippen molar-refractivity contribution >= 4 is 35.7 Å². The maximum absolute atomic E-state index is 12.9. The fourth-order valence-electron chi connectivity index (χ4n) is 3.99. The number of piperidine rings is 1. The quantitative estimate of drug-likeness (QED) is 0.125. The van der Waals surface area contributed by atoms with E-state index in [1.807, 2.05) is 0 Å². The number of carboxylic acids is 4. The minimum atomic E-state index is -1.22. The molecule has 204 valence electrons. The van der Waals surface area contributed by atoms with E-state index in [4.69, 9.17) is 26.2 Å². The first-order valence-electron chi connectivity index (χ1n) is 11.5. The maximum atomic E-state index is 12.9. The molecule has 0 aromatic carbocycles. The van der Waals surface area contributed by atoms with Crippen molar-refractivity contribution in [1.82, 2.24) is 19.6 Å². The molecule has 36 heavy (non-hydrogen) atoms. The first kappa shape index (κ1) is 30.7. The Morgan fingerprint density at radius 2 is 1.00 bits per heavy atom. The molecular formula is C21H35N5O10. The van der Waals surface area contributed by atoms with Crippen molar-refractivity contribution in [2.24, 2.45) is 11.7 Å². The lowest BCUT2D eigenvalue weighted by Gasteiger charge is -2.34. The zero-order valence-electron chi connectivity index (χ0n) is 20.1. The van der Waals surface area contributed by atoms with Crippen LogP contribution in [0.3, 0.4) is 0 Å². The maximum Gasteiger partial charge on any atom is 0.317 e. The predicted octanol–water partition coefficient (Wildman–Crippen LogP) is -2.66. The molecule has 0 spiro atoms. The second kappa shape index (κ2) is 15.6. The van der Waals surface area contributed by atoms with E-state index in [-0.39, 0.29) is 51.0 Å². The molecule has 1 aliphatic rings. The standard InChI is InChI=1S/C21H35N5O10/c22-16(27)9-15-1-3-26(4-2-15)17(28)10-23(5-7-24(11-18(29)30)12-19(31)32)6-8-25(13-20(33)34)14-21(35)36/h15H,1-14H2,(H2,22,27)(H,29,30)(H,31,32)(H,33,34)(H,35,36). The number of primary amides is 1. The zero-order chi connectivity index (χ0) is 27.3. The molecule has 0 unspecified atom stereocenters. The molecule has 1 saturated heterocycles. The minimum Gasteiger partial charge on any atom is -0.480 e. The average molecular weight is 518 g/mol. The molecule has 1 fully saturated rings. The second-order valence-corrected chi connectivity index (χ2v) is 8.77. The van der Waals surface area contributed by atoms with E-state index in [0.29, 0.717) is 25.9 Å². The Morgan fingerprint density at radius 3 is 1.33 bits per heavy atom. The van der Waals surface area contributed by atoms with Crippen molar-refractivity contribution in [3.63, 3.8) is 0 Å². The van der Waals surface area contributed by atoms with Crippen LogP contribution in [0.1, 0.15) is 19.3 Å². The van der Waals surface area contributed by atoms with Crippen LogP contribution in [0, 0.1) is 5.92 Å². The van der Waals surface area contributed by atoms with Crippen LogP contribution in [-0.4, -0.2) is 148 Å². The Kier molecular flexibility index (Phi) is 13.4. The Hall–Kier alpha value is -3.30. The Balaban J connectivity index is 2.84. The van der Waals surface area contributed by atoms with Crippen LogP contribution in [-0.2, 0) is 28.8 Å². The molecule has 15 heteroatoms. The number of hydrogen-bond donors (Lipinski definition) is 5. The summed E-state index contributed by atoms with van der Waals surface area (Å²) in [5.74, 6) is -5.40. The van der Waals surface area contributed by atoms with E-state index < -0.39 is 56.0 Å². The van der Waals surface area contributed by atoms with Gasteiger partial charge in [-0.1, -0.05) is 0 Å². The molecule has 0 atom stereocenters. The van der Waals surface area contributed by atoms with Crippen molar-refractivity contribution in [2.45, 2.75) is 19.3 Å². The fourth-order valence-corrected chi connectivity index (χ4v) is 3.99. The molecule has 0 radical (unpaired) electrons. The molecule has 15 nitrogen and oxygen atoms in total. The molecule has 6 N–H and O–H groups in total. The van der Waals surface area contributed by atoms with Crippen molar-refractivity contribution in [3.8, 4) is 0 Å². The number of carboxylic acid groups (broad SMARTS) is 4. The van der Waals surface area contributed by atoms with Gasteiger partial charge in [-0.05, 0) is 18.8 Å². The van der Waals surface area contributed by atoms with Gasteiger partial charge in [-0.25, -0.2) is 0 Å². The number of amides is 2. The van der Waals surface area contributed by atoms with Crippen LogP contribution < -0.4 is 5.73 Å². The fraction of sp³-hybridized carbons (Fsp3) is 0.714. The van der Waals surface area contributed by atoms with E-state index in [0.717, 1.165) is 0 Å². The molecule has 0 saturated carbocycles. The summed E-state index contributed by atoms with van der Waals surface area (Å²) in [4.78, 5) is 74.0. The highest BCUT2D eigenvalue weighted by atomic mass is 16.4. The summed E-state index contributed by atoms with van der Waals surface area (Å²) in [6.45, 7) is -1.14. The molecule has 1 rings (SSSR count). The van der Waals surface area contributed by atoms with Gasteiger partial charge >= 0.3 is 23.9 Å². The van der Waals surface area contributed by atoms with Crippen molar-refractivity contribution < 1.29 is 49.2 Å². The summed E-state index contributed by atoms with van der Waals surface area (Å²) in [5, 5.41) is 36.2. The Bertz CT molecular complexity index is 728. The van der Waals surface area contributed by atoms with Gasteiger partial charge in [0.1, 0.15) is 0 Å². The number of nitrogens with zero attached hydrogens (tertiary/aromatic N) is 4. The summed E-state index contributed by atoms with van der Waals surface area (Å²) >= 11 is 0. The summed E-state index contributed by atoms with van der Waals surface area (Å²) < 4.78 is 0. The first-order valence-corrected chi connectivity index (χ1v) is 11.5. The van der Waals surface area contributed by atoms with E-state index in [2.05, 4.69) is 0 Å². The third kappa shape index (κ3) is 13.6. The number of carbonyl (C=O) groups is 6. The van der Waals surface area contributed by atoms with Gasteiger partial charge < -0.3 is 31.1 Å². The Morgan fingerprint density at radius 1 is 0.639 bits per heavy atom. The SMILES string of the molecule is NC(=O)CC1CCN(C(=O)CN(CCN(CC(=O)O)CC(=O)O)CCN(CC(=O)O)CC(=O)O)CC1. The molecule has 1 heterocycles. The number of aliphatic carboxylic acids is 4. The summed E-state index contributed by atoms with van der Waals surface area (Å²) in [5.41, 5.74) is 5.24. The Labute approximate surface area is 208 Å². The van der Waals surface area contributed by atoms with Gasteiger partial charge in [-0.3, -0.25) is 43.5 Å². The highest BCUT2D eigenvalue weighted by Crippen LogP contribution is 2.20. The van der Waals surface area contributed by atoms with Gasteiger partial charge in [0.15, 0.2) is 0 Å². The van der Waals surface area contributed by atoms with Gasteiger partial charge in [0.05, 0.1) is 32.7 Å². The van der Waals surface area contributed by atoms with Crippen LogP contribution in [0.4, 0.5) is 0 Å². The molecule has 0 bridgehead atoms. The number of hydrogen-bond acceptors (Lipinski definition) is 9. The highest BCUT2D eigenvalue weighted by Gasteiger charge is 2.26. The summed E-state index contributed by atoms with van der Waals surface area (Å²) in [6.07, 6.45) is 1.48. The van der Waals surface area contributed by atoms with Crippen molar-refractivity contribution in [2.75, 3.05) is 72.0 Å². The van der Waals surface area contributed by atoms with Gasteiger partial charge in [0.25, 0.3) is 0 Å². The average Bonchev–Trinajstić information content (AvgIpc) is 2.73. The minimum absolute atomic E-state index is 0.00439. The van der Waals surface area contributed by atoms with Gasteiger partial charge in [-0.2, -0.15) is 0 Å². The van der Waals surface area contributed by atoms with Gasteiger partial charge in [-0.15, -0.1) is 0 Å². The van der Waals surface area contributed by atoms with Crippen LogP contribution in [0.5, 0.6) is 0 Å². The predicted molar refractivity (Wildman–Crippen MR) is 123 cm³/mol. The summed E-state index contributed by atoms with van der Waals surface area (Å²) in [6, 6.07) is 0. The van der Waals surface area contributed by atoms with Crippen LogP contribution >= 0.6 is 0 Å². The third-order valence-corrected chi connectivity index (χ3v) is 5.72. The normalized spacial score (nSPS) is 14.4. The molecule has 0 aromatic rings. The molecule has 2 amide bonds. The molecule has 1 aliphatic heterocycles. The number of carbonyl (C=O) groups excluding carboxylic acids is 2. The van der Waals surface area contributed by atoms with Gasteiger partial charge in [0, 0.05) is 45.7 Å². The van der Waals surface area contributed by atoms with E-state index in [9.17, 15) is 28.8 Å². The summed E-state index contributed by atoms with van der Waals surface area (Å²) in [7, 11) is 0. The monoisotopic (exact) mass is 517 g/mol. The topological polar surface area (TPSA) is 222 Å². The van der Waals surface area contributed by atoms with E-state index in [1.165, 1.54) is 9.80 Å². The van der Waals surface area contributed by atoms with Crippen LogP contribution in [0.2, 0.25) is 0 Å².